The molecule has 0 aliphatic rings. The first-order chi connectivity index (χ1) is 19.3. The van der Waals surface area contributed by atoms with Crippen LogP contribution in [0.25, 0.3) is 82.6 Å². The minimum atomic E-state index is 0.744. The predicted molar refractivity (Wildman–Crippen MR) is 154 cm³/mol. The molecule has 0 saturated heterocycles. The molecule has 6 heterocycles. The minimum absolute atomic E-state index is 0.744. The molecule has 39 heavy (non-hydrogen) atoms. The number of fused-ring (bicyclic) bond motifs is 9. The average molecular weight is 503 g/mol. The first kappa shape index (κ1) is 20.6. The van der Waals surface area contributed by atoms with E-state index in [1.165, 1.54) is 0 Å². The maximum atomic E-state index is 6.47. The van der Waals surface area contributed by atoms with Gasteiger partial charge in [0, 0.05) is 74.7 Å². The van der Waals surface area contributed by atoms with Gasteiger partial charge in [0.2, 0.25) is 0 Å². The second-order valence-electron chi connectivity index (χ2n) is 9.72. The van der Waals surface area contributed by atoms with E-state index in [9.17, 15) is 0 Å². The molecule has 6 nitrogen and oxygen atoms in total. The van der Waals surface area contributed by atoms with Crippen LogP contribution in [0.1, 0.15) is 0 Å². The smallest absolute Gasteiger partial charge is 0.161 e. The Kier molecular flexibility index (Phi) is 3.96. The Labute approximate surface area is 220 Å². The third-order valence-corrected chi connectivity index (χ3v) is 7.66. The molecular formula is C33H18N4O2. The summed E-state index contributed by atoms with van der Waals surface area (Å²) in [5, 5.41) is 5.28. The van der Waals surface area contributed by atoms with Gasteiger partial charge >= 0.3 is 0 Å². The molecule has 6 aromatic heterocycles. The number of benzene rings is 3. The van der Waals surface area contributed by atoms with Gasteiger partial charge in [-0.3, -0.25) is 15.0 Å². The van der Waals surface area contributed by atoms with Gasteiger partial charge in [-0.1, -0.05) is 36.4 Å². The molecule has 3 aromatic carbocycles. The summed E-state index contributed by atoms with van der Waals surface area (Å²) in [6, 6.07) is 26.7. The number of hydrogen-bond donors (Lipinski definition) is 0. The van der Waals surface area contributed by atoms with E-state index in [0.29, 0.717) is 0 Å². The van der Waals surface area contributed by atoms with Crippen molar-refractivity contribution in [2.24, 2.45) is 0 Å². The molecule has 182 valence electrons. The second kappa shape index (κ2) is 7.52. The molecule has 0 amide bonds. The summed E-state index contributed by atoms with van der Waals surface area (Å²) >= 11 is 0. The van der Waals surface area contributed by atoms with Crippen molar-refractivity contribution in [3.05, 3.63) is 110 Å². The maximum absolute atomic E-state index is 6.47. The number of pyridine rings is 3. The summed E-state index contributed by atoms with van der Waals surface area (Å²) in [5.41, 5.74) is 9.18. The Balaban J connectivity index is 1.31. The number of rotatable bonds is 2. The zero-order valence-corrected chi connectivity index (χ0v) is 20.5. The van der Waals surface area contributed by atoms with Crippen LogP contribution >= 0.6 is 0 Å². The van der Waals surface area contributed by atoms with Crippen LogP contribution in [0.2, 0.25) is 0 Å². The lowest BCUT2D eigenvalue weighted by Crippen LogP contribution is -1.93. The SMILES string of the molecule is c1ccc2c(c1)oc1c(-c3ccnc4c3oc3ccc(-n5c6ccncc6c6cnccc65)cc34)cccc12. The predicted octanol–water partition coefficient (Wildman–Crippen LogP) is 8.43. The van der Waals surface area contributed by atoms with Gasteiger partial charge in [0.1, 0.15) is 22.3 Å². The molecule has 0 aliphatic carbocycles. The van der Waals surface area contributed by atoms with Crippen molar-refractivity contribution < 1.29 is 8.83 Å². The maximum Gasteiger partial charge on any atom is 0.161 e. The molecule has 0 aliphatic heterocycles. The van der Waals surface area contributed by atoms with E-state index >= 15 is 0 Å². The van der Waals surface area contributed by atoms with Gasteiger partial charge in [-0.15, -0.1) is 0 Å². The summed E-state index contributed by atoms with van der Waals surface area (Å²) in [4.78, 5) is 13.5. The van der Waals surface area contributed by atoms with Crippen molar-refractivity contribution in [3.63, 3.8) is 0 Å². The molecule has 0 saturated carbocycles. The molecule has 0 N–H and O–H groups in total. The molecule has 6 heteroatoms. The van der Waals surface area contributed by atoms with Crippen molar-refractivity contribution in [3.8, 4) is 16.8 Å². The van der Waals surface area contributed by atoms with E-state index in [-0.39, 0.29) is 0 Å². The minimum Gasteiger partial charge on any atom is -0.455 e. The number of furan rings is 2. The third-order valence-electron chi connectivity index (χ3n) is 7.66. The third kappa shape index (κ3) is 2.77. The summed E-state index contributed by atoms with van der Waals surface area (Å²) in [7, 11) is 0. The quantitative estimate of drug-likeness (QED) is 0.237. The molecular weight excluding hydrogens is 484 g/mol. The van der Waals surface area contributed by atoms with Gasteiger partial charge < -0.3 is 13.4 Å². The summed E-state index contributed by atoms with van der Waals surface area (Å²) in [6.45, 7) is 0. The van der Waals surface area contributed by atoms with Crippen molar-refractivity contribution in [2.75, 3.05) is 0 Å². The Morgan fingerprint density at radius 2 is 1.26 bits per heavy atom. The lowest BCUT2D eigenvalue weighted by atomic mass is 10.0. The van der Waals surface area contributed by atoms with Crippen molar-refractivity contribution >= 4 is 65.8 Å². The summed E-state index contributed by atoms with van der Waals surface area (Å²) < 4.78 is 15.1. The van der Waals surface area contributed by atoms with Crippen LogP contribution in [-0.2, 0) is 0 Å². The Hall–Kier alpha value is -5.49. The fourth-order valence-corrected chi connectivity index (χ4v) is 5.94. The average Bonchev–Trinajstić information content (AvgIpc) is 3.66. The Morgan fingerprint density at radius 1 is 0.538 bits per heavy atom. The molecule has 9 rings (SSSR count). The largest absolute Gasteiger partial charge is 0.455 e. The zero-order valence-electron chi connectivity index (χ0n) is 20.5. The van der Waals surface area contributed by atoms with Gasteiger partial charge in [0.05, 0.1) is 11.0 Å². The molecule has 0 atom stereocenters. The van der Waals surface area contributed by atoms with Gasteiger partial charge in [-0.25, -0.2) is 0 Å². The molecule has 9 aromatic rings. The van der Waals surface area contributed by atoms with E-state index in [1.54, 1.807) is 0 Å². The van der Waals surface area contributed by atoms with Crippen molar-refractivity contribution in [1.82, 2.24) is 19.5 Å². The van der Waals surface area contributed by atoms with Gasteiger partial charge in [-0.2, -0.15) is 0 Å². The van der Waals surface area contributed by atoms with Gasteiger partial charge in [-0.05, 0) is 42.5 Å². The van der Waals surface area contributed by atoms with E-state index in [0.717, 1.165) is 82.6 Å². The standard InChI is InChI=1S/C33H18N4O2/c1-2-7-29-20(4-1)21-5-3-6-22(32(21)38-29)23-10-15-36-31-24-16-19(8-9-30(24)39-33(23)31)37-27-11-13-34-17-25(27)26-18-35-14-12-28(26)37/h1-18H. The van der Waals surface area contributed by atoms with Crippen LogP contribution in [0.4, 0.5) is 0 Å². The van der Waals surface area contributed by atoms with Crippen LogP contribution in [0.3, 0.4) is 0 Å². The van der Waals surface area contributed by atoms with Crippen LogP contribution in [-0.4, -0.2) is 19.5 Å². The van der Waals surface area contributed by atoms with Crippen LogP contribution in [0.15, 0.2) is 119 Å². The van der Waals surface area contributed by atoms with Gasteiger partial charge in [0.25, 0.3) is 0 Å². The molecule has 0 unspecified atom stereocenters. The van der Waals surface area contributed by atoms with E-state index < -0.39 is 0 Å². The second-order valence-corrected chi connectivity index (χ2v) is 9.72. The summed E-state index contributed by atoms with van der Waals surface area (Å²) in [5.74, 6) is 0. The Bertz CT molecular complexity index is 2360. The molecule has 0 fully saturated rings. The normalized spacial score (nSPS) is 12.1. The first-order valence-electron chi connectivity index (χ1n) is 12.8. The zero-order chi connectivity index (χ0) is 25.5. The highest BCUT2D eigenvalue weighted by atomic mass is 16.3. The van der Waals surface area contributed by atoms with E-state index in [4.69, 9.17) is 13.8 Å². The van der Waals surface area contributed by atoms with Crippen LogP contribution in [0, 0.1) is 0 Å². The lowest BCUT2D eigenvalue weighted by molar-refractivity contribution is 0.664. The van der Waals surface area contributed by atoms with Crippen LogP contribution in [0.5, 0.6) is 0 Å². The topological polar surface area (TPSA) is 69.9 Å². The van der Waals surface area contributed by atoms with E-state index in [2.05, 4.69) is 50.9 Å². The lowest BCUT2D eigenvalue weighted by Gasteiger charge is -2.07. The Morgan fingerprint density at radius 3 is 2.10 bits per heavy atom. The highest BCUT2D eigenvalue weighted by Gasteiger charge is 2.19. The number of nitrogens with zero attached hydrogens (tertiary/aromatic N) is 4. The fourth-order valence-electron chi connectivity index (χ4n) is 5.94. The fraction of sp³-hybridized carbons (Fsp3) is 0. The molecule has 0 radical (unpaired) electrons. The highest BCUT2D eigenvalue weighted by molar-refractivity contribution is 6.14. The number of hydrogen-bond acceptors (Lipinski definition) is 5. The van der Waals surface area contributed by atoms with Gasteiger partial charge in [0.15, 0.2) is 5.58 Å². The first-order valence-corrected chi connectivity index (χ1v) is 12.8. The van der Waals surface area contributed by atoms with Crippen LogP contribution < -0.4 is 0 Å². The van der Waals surface area contributed by atoms with E-state index in [1.807, 2.05) is 73.4 Å². The molecule has 0 spiro atoms. The number of aromatic nitrogens is 4. The van der Waals surface area contributed by atoms with Crippen molar-refractivity contribution in [1.29, 1.82) is 0 Å². The highest BCUT2D eigenvalue weighted by Crippen LogP contribution is 2.41. The summed E-state index contributed by atoms with van der Waals surface area (Å²) in [6.07, 6.45) is 9.29. The van der Waals surface area contributed by atoms with Crippen molar-refractivity contribution in [2.45, 2.75) is 0 Å². The monoisotopic (exact) mass is 502 g/mol. The molecule has 0 bridgehead atoms. The number of para-hydroxylation sites is 2.